The summed E-state index contributed by atoms with van der Waals surface area (Å²) in [6.07, 6.45) is 0. The predicted octanol–water partition coefficient (Wildman–Crippen LogP) is 0.0671. The molecule has 0 saturated carbocycles. The Balaban J connectivity index is 2.74. The van der Waals surface area contributed by atoms with E-state index in [0.29, 0.717) is 12.3 Å². The Hall–Kier alpha value is -2.08. The van der Waals surface area contributed by atoms with Crippen LogP contribution in [0.5, 0.6) is 5.75 Å². The van der Waals surface area contributed by atoms with Gasteiger partial charge in [0.25, 0.3) is 0 Å². The maximum Gasteiger partial charge on any atom is 0.317 e. The average molecular weight is 252 g/mol. The first kappa shape index (κ1) is 14.0. The van der Waals surface area contributed by atoms with Crippen LogP contribution in [0.3, 0.4) is 0 Å². The highest BCUT2D eigenvalue weighted by Gasteiger charge is 2.13. The molecule has 0 unspecified atom stereocenters. The normalized spacial score (nSPS) is 10.3. The third-order valence-corrected chi connectivity index (χ3v) is 2.28. The van der Waals surface area contributed by atoms with Crippen LogP contribution >= 0.6 is 0 Å². The van der Waals surface area contributed by atoms with Crippen molar-refractivity contribution < 1.29 is 19.4 Å². The van der Waals surface area contributed by atoms with Gasteiger partial charge < -0.3 is 15.6 Å². The van der Waals surface area contributed by atoms with Gasteiger partial charge in [0.05, 0.1) is 20.2 Å². The van der Waals surface area contributed by atoms with Gasteiger partial charge in [-0.2, -0.15) is 0 Å². The van der Waals surface area contributed by atoms with E-state index in [1.54, 1.807) is 25.3 Å². The van der Waals surface area contributed by atoms with Gasteiger partial charge >= 0.3 is 5.97 Å². The molecule has 1 aromatic carbocycles. The minimum Gasteiger partial charge on any atom is -0.497 e. The Labute approximate surface area is 105 Å². The van der Waals surface area contributed by atoms with Crippen molar-refractivity contribution in [1.29, 1.82) is 0 Å². The van der Waals surface area contributed by atoms with Gasteiger partial charge in [-0.05, 0) is 17.7 Å². The van der Waals surface area contributed by atoms with Crippen LogP contribution in [-0.4, -0.2) is 42.1 Å². The zero-order valence-corrected chi connectivity index (χ0v) is 10.1. The maximum atomic E-state index is 10.9. The summed E-state index contributed by atoms with van der Waals surface area (Å²) in [5.74, 6) is -0.875. The number of aliphatic carboxylic acids is 1. The van der Waals surface area contributed by atoms with Crippen LogP contribution in [-0.2, 0) is 16.1 Å². The van der Waals surface area contributed by atoms with E-state index >= 15 is 0 Å². The fourth-order valence-corrected chi connectivity index (χ4v) is 1.61. The standard InChI is InChI=1S/C12H16N2O4/c1-18-10-4-2-3-9(5-10)6-14(7-11(13)15)8-12(16)17/h2-5H,6-8H2,1H3,(H2,13,15)(H,16,17). The van der Waals surface area contributed by atoms with Crippen molar-refractivity contribution in [3.05, 3.63) is 29.8 Å². The van der Waals surface area contributed by atoms with Gasteiger partial charge in [0.2, 0.25) is 5.91 Å². The van der Waals surface area contributed by atoms with E-state index in [1.807, 2.05) is 6.07 Å². The number of amides is 1. The number of ether oxygens (including phenoxy) is 1. The smallest absolute Gasteiger partial charge is 0.317 e. The highest BCUT2D eigenvalue weighted by molar-refractivity contribution is 5.77. The number of primary amides is 1. The number of carbonyl (C=O) groups excluding carboxylic acids is 1. The van der Waals surface area contributed by atoms with Gasteiger partial charge in [0.1, 0.15) is 5.75 Å². The van der Waals surface area contributed by atoms with E-state index in [2.05, 4.69) is 0 Å². The number of methoxy groups -OCH3 is 1. The fourth-order valence-electron chi connectivity index (χ4n) is 1.61. The lowest BCUT2D eigenvalue weighted by Crippen LogP contribution is -2.36. The molecule has 0 radical (unpaired) electrons. The molecule has 6 nitrogen and oxygen atoms in total. The molecule has 0 aliphatic carbocycles. The molecule has 0 aliphatic rings. The lowest BCUT2D eigenvalue weighted by molar-refractivity contribution is -0.138. The van der Waals surface area contributed by atoms with Gasteiger partial charge in [0.15, 0.2) is 0 Å². The number of hydrogen-bond acceptors (Lipinski definition) is 4. The van der Waals surface area contributed by atoms with Crippen molar-refractivity contribution in [3.8, 4) is 5.75 Å². The van der Waals surface area contributed by atoms with Crippen molar-refractivity contribution >= 4 is 11.9 Å². The maximum absolute atomic E-state index is 10.9. The Bertz CT molecular complexity index is 418. The molecule has 1 rings (SSSR count). The molecule has 0 saturated heterocycles. The SMILES string of the molecule is COc1cccc(CN(CC(N)=O)CC(=O)O)c1. The van der Waals surface area contributed by atoms with Crippen LogP contribution < -0.4 is 10.5 Å². The largest absolute Gasteiger partial charge is 0.497 e. The van der Waals surface area contributed by atoms with Crippen LogP contribution in [0.2, 0.25) is 0 Å². The molecule has 1 amide bonds. The Morgan fingerprint density at radius 2 is 2.11 bits per heavy atom. The third kappa shape index (κ3) is 4.84. The molecule has 6 heteroatoms. The van der Waals surface area contributed by atoms with Gasteiger partial charge in [-0.3, -0.25) is 14.5 Å². The highest BCUT2D eigenvalue weighted by Crippen LogP contribution is 2.14. The second kappa shape index (κ2) is 6.61. The number of carboxylic acid groups (broad SMARTS) is 1. The molecule has 1 aromatic rings. The number of hydrogen-bond donors (Lipinski definition) is 2. The quantitative estimate of drug-likeness (QED) is 0.716. The number of carbonyl (C=O) groups is 2. The number of carboxylic acids is 1. The van der Waals surface area contributed by atoms with E-state index in [9.17, 15) is 9.59 Å². The van der Waals surface area contributed by atoms with Crippen molar-refractivity contribution in [3.63, 3.8) is 0 Å². The first-order valence-corrected chi connectivity index (χ1v) is 5.36. The molecule has 0 spiro atoms. The van der Waals surface area contributed by atoms with Gasteiger partial charge in [0, 0.05) is 6.54 Å². The zero-order chi connectivity index (χ0) is 13.5. The van der Waals surface area contributed by atoms with Gasteiger partial charge in [-0.1, -0.05) is 12.1 Å². The minimum absolute atomic E-state index is 0.0937. The molecular formula is C12H16N2O4. The van der Waals surface area contributed by atoms with Crippen molar-refractivity contribution in [2.45, 2.75) is 6.54 Å². The monoisotopic (exact) mass is 252 g/mol. The van der Waals surface area contributed by atoms with Crippen molar-refractivity contribution in [2.24, 2.45) is 5.73 Å². The molecule has 0 aliphatic heterocycles. The molecule has 0 atom stereocenters. The Morgan fingerprint density at radius 3 is 2.67 bits per heavy atom. The van der Waals surface area contributed by atoms with Crippen LogP contribution in [0.1, 0.15) is 5.56 Å². The summed E-state index contributed by atoms with van der Waals surface area (Å²) >= 11 is 0. The molecule has 0 fully saturated rings. The number of nitrogens with two attached hydrogens (primary N) is 1. The summed E-state index contributed by atoms with van der Waals surface area (Å²) in [4.78, 5) is 23.0. The molecular weight excluding hydrogens is 236 g/mol. The summed E-state index contributed by atoms with van der Waals surface area (Å²) in [5, 5.41) is 8.76. The number of nitrogens with zero attached hydrogens (tertiary/aromatic N) is 1. The topological polar surface area (TPSA) is 92.9 Å². The molecule has 0 aromatic heterocycles. The van der Waals surface area contributed by atoms with E-state index in [4.69, 9.17) is 15.6 Å². The Morgan fingerprint density at radius 1 is 1.39 bits per heavy atom. The van der Waals surface area contributed by atoms with Crippen molar-refractivity contribution in [2.75, 3.05) is 20.2 Å². The Kier molecular flexibility index (Phi) is 5.13. The summed E-state index contributed by atoms with van der Waals surface area (Å²) < 4.78 is 5.07. The van der Waals surface area contributed by atoms with Crippen LogP contribution in [0.15, 0.2) is 24.3 Å². The van der Waals surface area contributed by atoms with E-state index < -0.39 is 11.9 Å². The van der Waals surface area contributed by atoms with E-state index in [-0.39, 0.29) is 13.1 Å². The average Bonchev–Trinajstić information content (AvgIpc) is 2.27. The van der Waals surface area contributed by atoms with E-state index in [0.717, 1.165) is 5.56 Å². The number of rotatable bonds is 7. The van der Waals surface area contributed by atoms with E-state index in [1.165, 1.54) is 4.90 Å². The van der Waals surface area contributed by atoms with Gasteiger partial charge in [-0.25, -0.2) is 0 Å². The second-order valence-electron chi connectivity index (χ2n) is 3.86. The highest BCUT2D eigenvalue weighted by atomic mass is 16.5. The summed E-state index contributed by atoms with van der Waals surface area (Å²) in [7, 11) is 1.55. The molecule has 98 valence electrons. The number of benzene rings is 1. The van der Waals surface area contributed by atoms with Crippen LogP contribution in [0.25, 0.3) is 0 Å². The lowest BCUT2D eigenvalue weighted by Gasteiger charge is -2.18. The lowest BCUT2D eigenvalue weighted by atomic mass is 10.2. The molecule has 0 bridgehead atoms. The predicted molar refractivity (Wildman–Crippen MR) is 65.1 cm³/mol. The molecule has 18 heavy (non-hydrogen) atoms. The van der Waals surface area contributed by atoms with Crippen LogP contribution in [0.4, 0.5) is 0 Å². The zero-order valence-electron chi connectivity index (χ0n) is 10.1. The molecule has 0 heterocycles. The van der Waals surface area contributed by atoms with Gasteiger partial charge in [-0.15, -0.1) is 0 Å². The van der Waals surface area contributed by atoms with Crippen LogP contribution in [0, 0.1) is 0 Å². The first-order chi connectivity index (χ1) is 8.51. The third-order valence-electron chi connectivity index (χ3n) is 2.28. The second-order valence-corrected chi connectivity index (χ2v) is 3.86. The minimum atomic E-state index is -1.00. The van der Waals surface area contributed by atoms with Crippen molar-refractivity contribution in [1.82, 2.24) is 4.90 Å². The summed E-state index contributed by atoms with van der Waals surface area (Å²) in [6, 6.07) is 7.21. The summed E-state index contributed by atoms with van der Waals surface area (Å²) in [6.45, 7) is -0.00387. The fraction of sp³-hybridized carbons (Fsp3) is 0.333. The first-order valence-electron chi connectivity index (χ1n) is 5.36. The molecule has 3 N–H and O–H groups in total. The summed E-state index contributed by atoms with van der Waals surface area (Å²) in [5.41, 5.74) is 5.94.